The number of hydrogen-bond donors (Lipinski definition) is 1. The molecule has 8 heteroatoms. The maximum atomic E-state index is 13.2. The van der Waals surface area contributed by atoms with Crippen LogP contribution in [0, 0.1) is 6.92 Å². The van der Waals surface area contributed by atoms with Crippen molar-refractivity contribution in [3.8, 4) is 0 Å². The highest BCUT2D eigenvalue weighted by molar-refractivity contribution is 7.92. The molecule has 2 rings (SSSR count). The first-order valence-corrected chi connectivity index (χ1v) is 9.85. The minimum absolute atomic E-state index is 0.0151. The van der Waals surface area contributed by atoms with Gasteiger partial charge in [-0.2, -0.15) is 0 Å². The van der Waals surface area contributed by atoms with Gasteiger partial charge in [0.15, 0.2) is 0 Å². The summed E-state index contributed by atoms with van der Waals surface area (Å²) in [4.78, 5) is 23.0. The molecule has 0 aliphatic heterocycles. The van der Waals surface area contributed by atoms with Crippen molar-refractivity contribution in [1.82, 2.24) is 0 Å². The number of ether oxygens (including phenoxy) is 1. The lowest BCUT2D eigenvalue weighted by Crippen LogP contribution is -2.32. The van der Waals surface area contributed by atoms with Crippen molar-refractivity contribution in [3.63, 3.8) is 0 Å². The summed E-state index contributed by atoms with van der Waals surface area (Å²) < 4.78 is 32.4. The zero-order valence-electron chi connectivity index (χ0n) is 15.9. The van der Waals surface area contributed by atoms with E-state index in [1.165, 1.54) is 54.7 Å². The van der Waals surface area contributed by atoms with Crippen molar-refractivity contribution >= 4 is 33.3 Å². The molecule has 0 unspecified atom stereocenters. The number of nitrogens with zero attached hydrogens (tertiary/aromatic N) is 1. The first kappa shape index (κ1) is 21.2. The van der Waals surface area contributed by atoms with Crippen LogP contribution in [0.3, 0.4) is 0 Å². The molecule has 28 heavy (non-hydrogen) atoms. The molecule has 2 aromatic carbocycles. The normalized spacial score (nSPS) is 10.8. The second-order valence-electron chi connectivity index (χ2n) is 6.02. The molecule has 0 heterocycles. The lowest BCUT2D eigenvalue weighted by molar-refractivity contribution is -0.114. The molecule has 1 amide bonds. The van der Waals surface area contributed by atoms with E-state index in [1.807, 2.05) is 0 Å². The van der Waals surface area contributed by atoms with E-state index in [-0.39, 0.29) is 22.9 Å². The summed E-state index contributed by atoms with van der Waals surface area (Å²) in [6.45, 7) is 6.77. The predicted octanol–water partition coefficient (Wildman–Crippen LogP) is 3.12. The van der Waals surface area contributed by atoms with Crippen LogP contribution in [-0.4, -0.2) is 33.9 Å². The van der Waals surface area contributed by atoms with Crippen LogP contribution < -0.4 is 9.62 Å². The van der Waals surface area contributed by atoms with E-state index in [0.29, 0.717) is 16.9 Å². The second-order valence-corrected chi connectivity index (χ2v) is 7.89. The molecule has 2 aromatic rings. The van der Waals surface area contributed by atoms with Gasteiger partial charge in [-0.25, -0.2) is 13.2 Å². The summed E-state index contributed by atoms with van der Waals surface area (Å²) in [5, 5.41) is 2.59. The van der Waals surface area contributed by atoms with Crippen LogP contribution in [-0.2, 0) is 19.6 Å². The molecule has 0 aliphatic carbocycles. The Hall–Kier alpha value is -3.13. The fourth-order valence-corrected chi connectivity index (χ4v) is 4.10. The number of rotatable bonds is 7. The van der Waals surface area contributed by atoms with Crippen LogP contribution in [0.15, 0.2) is 60.0 Å². The van der Waals surface area contributed by atoms with Gasteiger partial charge in [0.25, 0.3) is 10.0 Å². The Morgan fingerprint density at radius 3 is 2.36 bits per heavy atom. The first-order chi connectivity index (χ1) is 13.2. The molecule has 0 aromatic heterocycles. The minimum Gasteiger partial charge on any atom is -0.465 e. The second kappa shape index (κ2) is 8.71. The Balaban J connectivity index is 2.51. The van der Waals surface area contributed by atoms with E-state index in [1.54, 1.807) is 19.1 Å². The van der Waals surface area contributed by atoms with E-state index in [4.69, 9.17) is 4.74 Å². The first-order valence-electron chi connectivity index (χ1n) is 8.41. The average Bonchev–Trinajstić information content (AvgIpc) is 2.66. The molecule has 0 saturated heterocycles. The summed E-state index contributed by atoms with van der Waals surface area (Å²) in [6.07, 6.45) is 1.47. The van der Waals surface area contributed by atoms with E-state index < -0.39 is 16.0 Å². The summed E-state index contributed by atoms with van der Waals surface area (Å²) in [5.74, 6) is -0.809. The fraction of sp³-hybridized carbons (Fsp3) is 0.200. The minimum atomic E-state index is -3.94. The highest BCUT2D eigenvalue weighted by Crippen LogP contribution is 2.29. The quantitative estimate of drug-likeness (QED) is 0.567. The van der Waals surface area contributed by atoms with Gasteiger partial charge in [-0.3, -0.25) is 9.10 Å². The van der Waals surface area contributed by atoms with E-state index in [9.17, 15) is 18.0 Å². The maximum absolute atomic E-state index is 13.2. The lowest BCUT2D eigenvalue weighted by Gasteiger charge is -2.25. The Kier molecular flexibility index (Phi) is 6.58. The van der Waals surface area contributed by atoms with Crippen molar-refractivity contribution < 1.29 is 22.7 Å². The summed E-state index contributed by atoms with van der Waals surface area (Å²) >= 11 is 0. The van der Waals surface area contributed by atoms with Gasteiger partial charge >= 0.3 is 5.97 Å². The molecular formula is C20H22N2O5S. The summed E-state index contributed by atoms with van der Waals surface area (Å²) in [6, 6.07) is 10.6. The van der Waals surface area contributed by atoms with E-state index in [0.717, 1.165) is 0 Å². The van der Waals surface area contributed by atoms with Gasteiger partial charge in [0.05, 0.1) is 29.8 Å². The van der Waals surface area contributed by atoms with Gasteiger partial charge in [-0.15, -0.1) is 6.58 Å². The number of carbonyl (C=O) groups is 2. The molecule has 0 aliphatic rings. The van der Waals surface area contributed by atoms with Gasteiger partial charge < -0.3 is 10.1 Å². The molecule has 1 N–H and O–H groups in total. The highest BCUT2D eigenvalue weighted by Gasteiger charge is 2.26. The number of hydrogen-bond acceptors (Lipinski definition) is 5. The summed E-state index contributed by atoms with van der Waals surface area (Å²) in [7, 11) is -2.68. The molecule has 148 valence electrons. The van der Waals surface area contributed by atoms with Crippen LogP contribution in [0.25, 0.3) is 0 Å². The smallest absolute Gasteiger partial charge is 0.337 e. The topological polar surface area (TPSA) is 92.8 Å². The Morgan fingerprint density at radius 2 is 1.82 bits per heavy atom. The van der Waals surface area contributed by atoms with Crippen molar-refractivity contribution in [2.45, 2.75) is 18.7 Å². The van der Waals surface area contributed by atoms with Gasteiger partial charge in [0.2, 0.25) is 5.91 Å². The van der Waals surface area contributed by atoms with Crippen LogP contribution in [0.2, 0.25) is 0 Å². The van der Waals surface area contributed by atoms with Crippen LogP contribution in [0.1, 0.15) is 22.8 Å². The third-order valence-corrected chi connectivity index (χ3v) is 5.75. The van der Waals surface area contributed by atoms with Crippen LogP contribution in [0.4, 0.5) is 11.4 Å². The van der Waals surface area contributed by atoms with Crippen molar-refractivity contribution in [3.05, 3.63) is 66.2 Å². The molecular weight excluding hydrogens is 380 g/mol. The van der Waals surface area contributed by atoms with Crippen molar-refractivity contribution in [2.75, 3.05) is 23.3 Å². The predicted molar refractivity (Wildman–Crippen MR) is 108 cm³/mol. The zero-order valence-corrected chi connectivity index (χ0v) is 16.7. The molecule has 0 spiro atoms. The number of amides is 1. The fourth-order valence-electron chi connectivity index (χ4n) is 2.61. The van der Waals surface area contributed by atoms with Gasteiger partial charge in [-0.1, -0.05) is 12.1 Å². The molecule has 0 bridgehead atoms. The molecule has 0 fully saturated rings. The number of nitrogens with one attached hydrogen (secondary N) is 1. The third-order valence-electron chi connectivity index (χ3n) is 3.96. The van der Waals surface area contributed by atoms with Gasteiger partial charge in [0, 0.05) is 12.6 Å². The van der Waals surface area contributed by atoms with E-state index in [2.05, 4.69) is 11.9 Å². The molecule has 7 nitrogen and oxygen atoms in total. The summed E-state index contributed by atoms with van der Waals surface area (Å²) in [5.41, 5.74) is 1.76. The molecule has 0 atom stereocenters. The van der Waals surface area contributed by atoms with E-state index >= 15 is 0 Å². The number of sulfonamides is 1. The van der Waals surface area contributed by atoms with Crippen LogP contribution >= 0.6 is 0 Å². The SMILES string of the molecule is C=CCN(c1cc(C(=O)OC)ccc1C)S(=O)(=O)c1ccc(NC(C)=O)cc1. The number of aryl methyl sites for hydroxylation is 1. The zero-order chi connectivity index (χ0) is 20.9. The number of benzene rings is 2. The Bertz CT molecular complexity index is 998. The third kappa shape index (κ3) is 4.58. The van der Waals surface area contributed by atoms with Gasteiger partial charge in [0.1, 0.15) is 0 Å². The molecule has 0 saturated carbocycles. The largest absolute Gasteiger partial charge is 0.465 e. The number of carbonyl (C=O) groups excluding carboxylic acids is 2. The number of esters is 1. The standard InChI is InChI=1S/C20H22N2O5S/c1-5-12-22(19-13-16(20(24)27-4)7-6-14(19)2)28(25,26)18-10-8-17(9-11-18)21-15(3)23/h5-11,13H,1,12H2,2-4H3,(H,21,23). The number of anilines is 2. The maximum Gasteiger partial charge on any atom is 0.337 e. The monoisotopic (exact) mass is 402 g/mol. The molecule has 0 radical (unpaired) electrons. The Labute approximate surface area is 164 Å². The van der Waals surface area contributed by atoms with Gasteiger partial charge in [-0.05, 0) is 48.9 Å². The highest BCUT2D eigenvalue weighted by atomic mass is 32.2. The number of methoxy groups -OCH3 is 1. The van der Waals surface area contributed by atoms with Crippen LogP contribution in [0.5, 0.6) is 0 Å². The van der Waals surface area contributed by atoms with Crippen molar-refractivity contribution in [1.29, 1.82) is 0 Å². The van der Waals surface area contributed by atoms with Crippen molar-refractivity contribution in [2.24, 2.45) is 0 Å². The average molecular weight is 402 g/mol. The Morgan fingerprint density at radius 1 is 1.18 bits per heavy atom. The lowest BCUT2D eigenvalue weighted by atomic mass is 10.1.